The van der Waals surface area contributed by atoms with Gasteiger partial charge in [-0.2, -0.15) is 0 Å². The molecule has 17 heavy (non-hydrogen) atoms. The van der Waals surface area contributed by atoms with E-state index in [1.807, 2.05) is 6.92 Å². The van der Waals surface area contributed by atoms with Gasteiger partial charge in [0, 0.05) is 12.6 Å². The van der Waals surface area contributed by atoms with Gasteiger partial charge < -0.3 is 5.11 Å². The van der Waals surface area contributed by atoms with Gasteiger partial charge in [0.25, 0.3) is 0 Å². The highest BCUT2D eigenvalue weighted by molar-refractivity contribution is 5.35. The zero-order valence-electron chi connectivity index (χ0n) is 10.1. The monoisotopic (exact) mass is 235 g/mol. The first kappa shape index (κ1) is 11.2. The summed E-state index contributed by atoms with van der Waals surface area (Å²) in [7, 11) is 0. The Bertz CT molecular complexity index is 448. The van der Waals surface area contributed by atoms with E-state index in [4.69, 9.17) is 0 Å². The minimum Gasteiger partial charge on any atom is -0.383 e. The maximum Gasteiger partial charge on any atom is 0.123 e. The Balaban J connectivity index is 2.02. The second-order valence-corrected chi connectivity index (χ2v) is 5.33. The highest BCUT2D eigenvalue weighted by atomic mass is 19.1. The van der Waals surface area contributed by atoms with Crippen LogP contribution in [0.3, 0.4) is 0 Å². The number of hydrogen-bond donors (Lipinski definition) is 1. The molecule has 0 aromatic heterocycles. The van der Waals surface area contributed by atoms with Crippen molar-refractivity contribution >= 4 is 0 Å². The van der Waals surface area contributed by atoms with E-state index in [9.17, 15) is 9.50 Å². The van der Waals surface area contributed by atoms with Gasteiger partial charge in [0.15, 0.2) is 0 Å². The molecule has 3 heteroatoms. The fraction of sp³-hybridized carbons (Fsp3) is 0.571. The fourth-order valence-corrected chi connectivity index (χ4v) is 3.54. The van der Waals surface area contributed by atoms with Crippen LogP contribution in [0.5, 0.6) is 0 Å². The number of halogens is 1. The maximum absolute atomic E-state index is 13.1. The van der Waals surface area contributed by atoms with Crippen molar-refractivity contribution in [3.63, 3.8) is 0 Å². The van der Waals surface area contributed by atoms with E-state index in [0.29, 0.717) is 0 Å². The standard InChI is InChI=1S/C14H18FNO/c1-10-9-11(15)4-5-12(10)14(17)6-8-16-7-2-3-13(14)16/h4-5,9,13,17H,2-3,6-8H2,1H3. The van der Waals surface area contributed by atoms with Gasteiger partial charge >= 0.3 is 0 Å². The normalized spacial score (nSPS) is 33.0. The third-order valence-electron chi connectivity index (χ3n) is 4.35. The molecule has 1 aromatic carbocycles. The van der Waals surface area contributed by atoms with Crippen molar-refractivity contribution in [1.82, 2.24) is 4.90 Å². The number of hydrogen-bond acceptors (Lipinski definition) is 2. The summed E-state index contributed by atoms with van der Waals surface area (Å²) in [5, 5.41) is 10.9. The summed E-state index contributed by atoms with van der Waals surface area (Å²) in [6.07, 6.45) is 2.98. The van der Waals surface area contributed by atoms with Gasteiger partial charge in [-0.05, 0) is 56.0 Å². The third kappa shape index (κ3) is 1.60. The molecule has 1 aromatic rings. The molecule has 2 unspecified atom stereocenters. The number of benzene rings is 1. The molecule has 0 bridgehead atoms. The smallest absolute Gasteiger partial charge is 0.123 e. The van der Waals surface area contributed by atoms with Crippen molar-refractivity contribution in [1.29, 1.82) is 0 Å². The van der Waals surface area contributed by atoms with E-state index in [0.717, 1.165) is 43.5 Å². The topological polar surface area (TPSA) is 23.5 Å². The average Bonchev–Trinajstić information content (AvgIpc) is 2.83. The van der Waals surface area contributed by atoms with Crippen LogP contribution in [0.25, 0.3) is 0 Å². The molecule has 2 saturated heterocycles. The van der Waals surface area contributed by atoms with Gasteiger partial charge in [0.2, 0.25) is 0 Å². The highest BCUT2D eigenvalue weighted by Gasteiger charge is 2.49. The molecule has 0 amide bonds. The largest absolute Gasteiger partial charge is 0.383 e. The van der Waals surface area contributed by atoms with Crippen LogP contribution >= 0.6 is 0 Å². The Morgan fingerprint density at radius 2 is 2.24 bits per heavy atom. The fourth-order valence-electron chi connectivity index (χ4n) is 3.54. The first-order chi connectivity index (χ1) is 8.11. The first-order valence-corrected chi connectivity index (χ1v) is 6.34. The Morgan fingerprint density at radius 3 is 3.00 bits per heavy atom. The zero-order chi connectivity index (χ0) is 12.0. The lowest BCUT2D eigenvalue weighted by atomic mass is 9.83. The van der Waals surface area contributed by atoms with Gasteiger partial charge in [0.1, 0.15) is 11.4 Å². The van der Waals surface area contributed by atoms with E-state index >= 15 is 0 Å². The second-order valence-electron chi connectivity index (χ2n) is 5.33. The van der Waals surface area contributed by atoms with E-state index < -0.39 is 5.60 Å². The van der Waals surface area contributed by atoms with Gasteiger partial charge in [0.05, 0.1) is 0 Å². The summed E-state index contributed by atoms with van der Waals surface area (Å²) < 4.78 is 13.1. The molecule has 1 N–H and O–H groups in total. The minimum atomic E-state index is -0.770. The van der Waals surface area contributed by atoms with Gasteiger partial charge in [-0.25, -0.2) is 4.39 Å². The zero-order valence-corrected chi connectivity index (χ0v) is 10.1. The third-order valence-corrected chi connectivity index (χ3v) is 4.35. The average molecular weight is 235 g/mol. The number of nitrogens with zero attached hydrogens (tertiary/aromatic N) is 1. The second kappa shape index (κ2) is 3.79. The van der Waals surface area contributed by atoms with Crippen molar-refractivity contribution in [3.8, 4) is 0 Å². The number of aliphatic hydroxyl groups is 1. The summed E-state index contributed by atoms with van der Waals surface area (Å²) in [4.78, 5) is 2.36. The van der Waals surface area contributed by atoms with Crippen LogP contribution in [-0.2, 0) is 5.60 Å². The maximum atomic E-state index is 13.1. The molecule has 0 saturated carbocycles. The van der Waals surface area contributed by atoms with Gasteiger partial charge in [-0.15, -0.1) is 0 Å². The Kier molecular flexibility index (Phi) is 2.49. The summed E-state index contributed by atoms with van der Waals surface area (Å²) in [5.41, 5.74) is 1.00. The lowest BCUT2D eigenvalue weighted by molar-refractivity contribution is 0.00877. The lowest BCUT2D eigenvalue weighted by Gasteiger charge is -2.31. The predicted molar refractivity (Wildman–Crippen MR) is 64.2 cm³/mol. The van der Waals surface area contributed by atoms with Crippen LogP contribution in [-0.4, -0.2) is 29.1 Å². The van der Waals surface area contributed by atoms with Crippen LogP contribution in [0.2, 0.25) is 0 Å². The van der Waals surface area contributed by atoms with Crippen molar-refractivity contribution in [2.45, 2.75) is 37.8 Å². The van der Waals surface area contributed by atoms with Gasteiger partial charge in [-0.3, -0.25) is 4.90 Å². The van der Waals surface area contributed by atoms with Gasteiger partial charge in [-0.1, -0.05) is 6.07 Å². The Morgan fingerprint density at radius 1 is 1.41 bits per heavy atom. The van der Waals surface area contributed by atoms with Crippen molar-refractivity contribution in [2.24, 2.45) is 0 Å². The van der Waals surface area contributed by atoms with Crippen LogP contribution in [0.1, 0.15) is 30.4 Å². The van der Waals surface area contributed by atoms with Crippen LogP contribution in [0.15, 0.2) is 18.2 Å². The molecule has 92 valence electrons. The summed E-state index contributed by atoms with van der Waals surface area (Å²) in [6.45, 7) is 3.93. The van der Waals surface area contributed by atoms with Crippen LogP contribution in [0.4, 0.5) is 4.39 Å². The number of rotatable bonds is 1. The van der Waals surface area contributed by atoms with Crippen molar-refractivity contribution in [3.05, 3.63) is 35.1 Å². The molecular formula is C14H18FNO. The summed E-state index contributed by atoms with van der Waals surface area (Å²) in [5.74, 6) is -0.226. The molecule has 0 radical (unpaired) electrons. The molecule has 2 fully saturated rings. The highest BCUT2D eigenvalue weighted by Crippen LogP contribution is 2.43. The molecule has 2 aliphatic heterocycles. The molecule has 2 atom stereocenters. The Labute approximate surface area is 101 Å². The number of aryl methyl sites for hydroxylation is 1. The molecule has 0 aliphatic carbocycles. The summed E-state index contributed by atoms with van der Waals surface area (Å²) >= 11 is 0. The first-order valence-electron chi connectivity index (χ1n) is 6.34. The van der Waals surface area contributed by atoms with Crippen LogP contribution < -0.4 is 0 Å². The van der Waals surface area contributed by atoms with E-state index in [1.54, 1.807) is 6.07 Å². The molecule has 3 rings (SSSR count). The number of fused-ring (bicyclic) bond motifs is 1. The lowest BCUT2D eigenvalue weighted by Crippen LogP contribution is -2.39. The summed E-state index contributed by atoms with van der Waals surface area (Å²) in [6, 6.07) is 4.96. The van der Waals surface area contributed by atoms with E-state index in [-0.39, 0.29) is 11.9 Å². The quantitative estimate of drug-likeness (QED) is 0.806. The molecule has 2 aliphatic rings. The molecule has 2 heterocycles. The van der Waals surface area contributed by atoms with Crippen LogP contribution in [0, 0.1) is 12.7 Å². The molecule has 2 nitrogen and oxygen atoms in total. The van der Waals surface area contributed by atoms with E-state index in [1.165, 1.54) is 12.1 Å². The molecule has 0 spiro atoms. The predicted octanol–water partition coefficient (Wildman–Crippen LogP) is 2.19. The minimum absolute atomic E-state index is 0.226. The van der Waals surface area contributed by atoms with E-state index in [2.05, 4.69) is 4.90 Å². The van der Waals surface area contributed by atoms with Crippen molar-refractivity contribution < 1.29 is 9.50 Å². The van der Waals surface area contributed by atoms with Crippen molar-refractivity contribution in [2.75, 3.05) is 13.1 Å². The Hall–Kier alpha value is -0.930. The molecular weight excluding hydrogens is 217 g/mol. The SMILES string of the molecule is Cc1cc(F)ccc1C1(O)CCN2CCCC21.